The van der Waals surface area contributed by atoms with Crippen LogP contribution in [0.15, 0.2) is 40.9 Å². The van der Waals surface area contributed by atoms with Crippen LogP contribution >= 0.6 is 27.5 Å². The summed E-state index contributed by atoms with van der Waals surface area (Å²) >= 11 is 9.32. The van der Waals surface area contributed by atoms with Crippen molar-refractivity contribution in [2.75, 3.05) is 7.05 Å². The van der Waals surface area contributed by atoms with E-state index in [1.165, 1.54) is 18.2 Å². The third kappa shape index (κ3) is 3.93. The van der Waals surface area contributed by atoms with Gasteiger partial charge in [-0.1, -0.05) is 33.6 Å². The molecule has 0 aliphatic heterocycles. The van der Waals surface area contributed by atoms with Gasteiger partial charge in [0.1, 0.15) is 16.5 Å². The fourth-order valence-electron chi connectivity index (χ4n) is 1.76. The molecule has 0 saturated heterocycles. The molecular weight excluding hydrogens is 360 g/mol. The lowest BCUT2D eigenvalue weighted by Gasteiger charge is -2.09. The van der Waals surface area contributed by atoms with E-state index < -0.39 is 4.92 Å². The van der Waals surface area contributed by atoms with Gasteiger partial charge in [0, 0.05) is 23.2 Å². The fraction of sp³-hybridized carbons (Fsp3) is 0.143. The minimum Gasteiger partial charge on any atom is -0.457 e. The van der Waals surface area contributed by atoms with Crippen LogP contribution in [0.4, 0.5) is 5.69 Å². The third-order valence-electron chi connectivity index (χ3n) is 2.74. The van der Waals surface area contributed by atoms with E-state index in [0.29, 0.717) is 11.5 Å². The lowest BCUT2D eigenvalue weighted by molar-refractivity contribution is -0.384. The highest BCUT2D eigenvalue weighted by Gasteiger charge is 2.13. The van der Waals surface area contributed by atoms with E-state index in [0.717, 1.165) is 16.6 Å². The molecule has 0 unspecified atom stereocenters. The Morgan fingerprint density at radius 3 is 2.52 bits per heavy atom. The summed E-state index contributed by atoms with van der Waals surface area (Å²) < 4.78 is 6.57. The van der Waals surface area contributed by atoms with Gasteiger partial charge >= 0.3 is 0 Å². The van der Waals surface area contributed by atoms with Crippen molar-refractivity contribution >= 4 is 33.2 Å². The summed E-state index contributed by atoms with van der Waals surface area (Å²) in [6, 6.07) is 9.86. The second-order valence-electron chi connectivity index (χ2n) is 4.26. The molecule has 5 nitrogen and oxygen atoms in total. The van der Waals surface area contributed by atoms with Gasteiger partial charge in [-0.15, -0.1) is 0 Å². The Morgan fingerprint density at radius 2 is 1.95 bits per heavy atom. The van der Waals surface area contributed by atoms with Crippen LogP contribution in [-0.4, -0.2) is 12.0 Å². The average Bonchev–Trinajstić information content (AvgIpc) is 2.41. The van der Waals surface area contributed by atoms with Crippen LogP contribution in [0.5, 0.6) is 11.5 Å². The minimum absolute atomic E-state index is 0.0448. The van der Waals surface area contributed by atoms with Crippen molar-refractivity contribution in [3.63, 3.8) is 0 Å². The van der Waals surface area contributed by atoms with Crippen molar-refractivity contribution in [1.29, 1.82) is 0 Å². The first-order valence-corrected chi connectivity index (χ1v) is 7.23. The molecule has 2 aromatic rings. The second-order valence-corrected chi connectivity index (χ2v) is 5.52. The standard InChI is InChI=1S/C14H12BrClN2O3/c1-17-8-9-2-3-10(6-12(9)15)21-11-4-5-14(18(19)20)13(16)7-11/h2-7,17H,8H2,1H3. The largest absolute Gasteiger partial charge is 0.457 e. The zero-order valence-corrected chi connectivity index (χ0v) is 13.4. The summed E-state index contributed by atoms with van der Waals surface area (Å²) in [6.07, 6.45) is 0. The summed E-state index contributed by atoms with van der Waals surface area (Å²) in [5.41, 5.74) is 0.959. The highest BCUT2D eigenvalue weighted by molar-refractivity contribution is 9.10. The Hall–Kier alpha value is -1.63. The molecule has 0 radical (unpaired) electrons. The minimum atomic E-state index is -0.532. The molecular formula is C14H12BrClN2O3. The van der Waals surface area contributed by atoms with E-state index in [1.807, 2.05) is 25.2 Å². The van der Waals surface area contributed by atoms with Gasteiger partial charge in [-0.3, -0.25) is 10.1 Å². The smallest absolute Gasteiger partial charge is 0.288 e. The quantitative estimate of drug-likeness (QED) is 0.620. The highest BCUT2D eigenvalue weighted by Crippen LogP contribution is 2.32. The number of nitrogens with zero attached hydrogens (tertiary/aromatic N) is 1. The van der Waals surface area contributed by atoms with Crippen LogP contribution in [0.3, 0.4) is 0 Å². The van der Waals surface area contributed by atoms with Gasteiger partial charge in [-0.05, 0) is 30.8 Å². The molecule has 0 fully saturated rings. The summed E-state index contributed by atoms with van der Waals surface area (Å²) in [4.78, 5) is 10.2. The number of halogens is 2. The zero-order valence-electron chi connectivity index (χ0n) is 11.1. The topological polar surface area (TPSA) is 64.4 Å². The molecule has 0 atom stereocenters. The van der Waals surface area contributed by atoms with E-state index in [9.17, 15) is 10.1 Å². The molecule has 0 heterocycles. The number of hydrogen-bond donors (Lipinski definition) is 1. The summed E-state index contributed by atoms with van der Waals surface area (Å²) in [5.74, 6) is 1.06. The maximum absolute atomic E-state index is 10.7. The fourth-order valence-corrected chi connectivity index (χ4v) is 2.50. The van der Waals surface area contributed by atoms with Gasteiger partial charge in [-0.2, -0.15) is 0 Å². The first-order chi connectivity index (χ1) is 10.0. The van der Waals surface area contributed by atoms with Crippen LogP contribution in [0.1, 0.15) is 5.56 Å². The number of nitrogens with one attached hydrogen (secondary N) is 1. The molecule has 1 N–H and O–H groups in total. The van der Waals surface area contributed by atoms with Gasteiger partial charge in [0.25, 0.3) is 5.69 Å². The number of ether oxygens (including phenoxy) is 1. The summed E-state index contributed by atoms with van der Waals surface area (Å²) in [6.45, 7) is 0.740. The van der Waals surface area contributed by atoms with Gasteiger partial charge in [-0.25, -0.2) is 0 Å². The normalized spacial score (nSPS) is 10.4. The van der Waals surface area contributed by atoms with E-state index in [2.05, 4.69) is 21.2 Å². The van der Waals surface area contributed by atoms with Crippen LogP contribution in [0.2, 0.25) is 5.02 Å². The van der Waals surface area contributed by atoms with Crippen LogP contribution < -0.4 is 10.1 Å². The second kappa shape index (κ2) is 6.89. The number of hydrogen-bond acceptors (Lipinski definition) is 4. The number of nitro groups is 1. The Labute approximate surface area is 135 Å². The van der Waals surface area contributed by atoms with E-state index in [4.69, 9.17) is 16.3 Å². The maximum atomic E-state index is 10.7. The number of rotatable bonds is 5. The first kappa shape index (κ1) is 15.8. The molecule has 0 bridgehead atoms. The van der Waals surface area contributed by atoms with Gasteiger partial charge in [0.15, 0.2) is 0 Å². The maximum Gasteiger partial charge on any atom is 0.288 e. The molecule has 0 amide bonds. The Bertz CT molecular complexity index is 679. The lowest BCUT2D eigenvalue weighted by Crippen LogP contribution is -2.05. The molecule has 0 saturated carbocycles. The number of benzene rings is 2. The van der Waals surface area contributed by atoms with E-state index >= 15 is 0 Å². The summed E-state index contributed by atoms with van der Waals surface area (Å²) in [5, 5.41) is 13.8. The van der Waals surface area contributed by atoms with Crippen molar-refractivity contribution in [2.45, 2.75) is 6.54 Å². The summed E-state index contributed by atoms with van der Waals surface area (Å²) in [7, 11) is 1.87. The van der Waals surface area contributed by atoms with Crippen molar-refractivity contribution < 1.29 is 9.66 Å². The molecule has 0 aliphatic rings. The Kier molecular flexibility index (Phi) is 5.17. The average molecular weight is 372 g/mol. The molecule has 7 heteroatoms. The molecule has 0 aromatic heterocycles. The van der Waals surface area contributed by atoms with Crippen LogP contribution in [0.25, 0.3) is 0 Å². The molecule has 0 spiro atoms. The number of nitro benzene ring substituents is 1. The molecule has 2 aromatic carbocycles. The van der Waals surface area contributed by atoms with E-state index in [1.54, 1.807) is 0 Å². The highest BCUT2D eigenvalue weighted by atomic mass is 79.9. The predicted octanol–water partition coefficient (Wildman–Crippen LogP) is 4.52. The Balaban J connectivity index is 2.20. The lowest BCUT2D eigenvalue weighted by atomic mass is 10.2. The first-order valence-electron chi connectivity index (χ1n) is 6.06. The van der Waals surface area contributed by atoms with Crippen LogP contribution in [-0.2, 0) is 6.54 Å². The predicted molar refractivity (Wildman–Crippen MR) is 85.1 cm³/mol. The van der Waals surface area contributed by atoms with Crippen molar-refractivity contribution in [2.24, 2.45) is 0 Å². The molecule has 2 rings (SSSR count). The van der Waals surface area contributed by atoms with Crippen molar-refractivity contribution in [3.05, 3.63) is 61.6 Å². The third-order valence-corrected chi connectivity index (χ3v) is 3.78. The van der Waals surface area contributed by atoms with Crippen molar-refractivity contribution in [3.8, 4) is 11.5 Å². The zero-order chi connectivity index (χ0) is 15.4. The Morgan fingerprint density at radius 1 is 1.29 bits per heavy atom. The van der Waals surface area contributed by atoms with Gasteiger partial charge in [0.05, 0.1) is 4.92 Å². The SMILES string of the molecule is CNCc1ccc(Oc2ccc([N+](=O)[O-])c(Cl)c2)cc1Br. The monoisotopic (exact) mass is 370 g/mol. The van der Waals surface area contributed by atoms with Crippen LogP contribution in [0, 0.1) is 10.1 Å². The molecule has 0 aliphatic carbocycles. The molecule has 21 heavy (non-hydrogen) atoms. The van der Waals surface area contributed by atoms with Gasteiger partial charge < -0.3 is 10.1 Å². The van der Waals surface area contributed by atoms with Gasteiger partial charge in [0.2, 0.25) is 0 Å². The van der Waals surface area contributed by atoms with E-state index in [-0.39, 0.29) is 10.7 Å². The van der Waals surface area contributed by atoms with Crippen molar-refractivity contribution in [1.82, 2.24) is 5.32 Å². The molecule has 110 valence electrons.